The molecule has 1 N–H and O–H groups in total. The summed E-state index contributed by atoms with van der Waals surface area (Å²) >= 11 is 1.42. The number of likely N-dealkylation sites (tertiary alicyclic amines) is 1. The molecule has 1 fully saturated rings. The highest BCUT2D eigenvalue weighted by Crippen LogP contribution is 2.23. The molecule has 1 saturated heterocycles. The summed E-state index contributed by atoms with van der Waals surface area (Å²) in [5, 5.41) is 4.92. The first-order valence-electron chi connectivity index (χ1n) is 7.86. The molecule has 0 saturated carbocycles. The molecule has 5 heteroatoms. The Hall–Kier alpha value is -2.14. The molecule has 1 aromatic heterocycles. The summed E-state index contributed by atoms with van der Waals surface area (Å²) in [6.45, 7) is 2.61. The van der Waals surface area contributed by atoms with E-state index in [0.29, 0.717) is 11.4 Å². The van der Waals surface area contributed by atoms with E-state index in [1.54, 1.807) is 4.90 Å². The van der Waals surface area contributed by atoms with Gasteiger partial charge in [-0.05, 0) is 36.8 Å². The Morgan fingerprint density at radius 3 is 2.70 bits per heavy atom. The minimum Gasteiger partial charge on any atom is -0.348 e. The van der Waals surface area contributed by atoms with Crippen molar-refractivity contribution in [3.05, 3.63) is 58.3 Å². The van der Waals surface area contributed by atoms with Gasteiger partial charge in [0.25, 0.3) is 5.91 Å². The highest BCUT2D eigenvalue weighted by Gasteiger charge is 2.35. The molecule has 2 atom stereocenters. The fourth-order valence-electron chi connectivity index (χ4n) is 2.96. The lowest BCUT2D eigenvalue weighted by Gasteiger charge is -2.25. The van der Waals surface area contributed by atoms with Gasteiger partial charge in [-0.25, -0.2) is 0 Å². The Balaban J connectivity index is 1.67. The Labute approximate surface area is 140 Å². The van der Waals surface area contributed by atoms with E-state index >= 15 is 0 Å². The predicted molar refractivity (Wildman–Crippen MR) is 91.4 cm³/mol. The second-order valence-electron chi connectivity index (χ2n) is 5.77. The van der Waals surface area contributed by atoms with E-state index in [0.717, 1.165) is 18.4 Å². The number of rotatable bonds is 4. The predicted octanol–water partition coefficient (Wildman–Crippen LogP) is 3.23. The van der Waals surface area contributed by atoms with Crippen molar-refractivity contribution in [2.75, 3.05) is 6.54 Å². The number of hydrogen-bond donors (Lipinski definition) is 1. The molecule has 1 aliphatic heterocycles. The quantitative estimate of drug-likeness (QED) is 0.937. The number of carbonyl (C=O) groups is 2. The monoisotopic (exact) mass is 328 g/mol. The molecule has 0 bridgehead atoms. The normalized spacial score (nSPS) is 18.7. The van der Waals surface area contributed by atoms with Gasteiger partial charge in [0.1, 0.15) is 6.04 Å². The van der Waals surface area contributed by atoms with Crippen molar-refractivity contribution in [1.29, 1.82) is 0 Å². The second-order valence-corrected chi connectivity index (χ2v) is 6.72. The van der Waals surface area contributed by atoms with Crippen LogP contribution in [0.3, 0.4) is 0 Å². The summed E-state index contributed by atoms with van der Waals surface area (Å²) in [4.78, 5) is 27.5. The maximum atomic E-state index is 12.6. The van der Waals surface area contributed by atoms with E-state index in [4.69, 9.17) is 0 Å². The highest BCUT2D eigenvalue weighted by atomic mass is 32.1. The second kappa shape index (κ2) is 6.96. The number of nitrogens with zero attached hydrogens (tertiary/aromatic N) is 1. The summed E-state index contributed by atoms with van der Waals surface area (Å²) < 4.78 is 0. The van der Waals surface area contributed by atoms with Crippen LogP contribution in [0, 0.1) is 0 Å². The van der Waals surface area contributed by atoms with Crippen molar-refractivity contribution >= 4 is 23.2 Å². The largest absolute Gasteiger partial charge is 0.348 e. The van der Waals surface area contributed by atoms with Gasteiger partial charge in [0.05, 0.1) is 10.9 Å². The molecule has 23 heavy (non-hydrogen) atoms. The van der Waals surface area contributed by atoms with Gasteiger partial charge in [-0.3, -0.25) is 9.59 Å². The van der Waals surface area contributed by atoms with Crippen molar-refractivity contribution in [1.82, 2.24) is 10.2 Å². The molecule has 2 amide bonds. The van der Waals surface area contributed by atoms with Gasteiger partial charge in [0, 0.05) is 6.54 Å². The number of thiophene rings is 1. The van der Waals surface area contributed by atoms with E-state index in [-0.39, 0.29) is 23.9 Å². The minimum absolute atomic E-state index is 0.0370. The van der Waals surface area contributed by atoms with Crippen molar-refractivity contribution in [3.63, 3.8) is 0 Å². The van der Waals surface area contributed by atoms with Gasteiger partial charge in [0.2, 0.25) is 5.91 Å². The van der Waals surface area contributed by atoms with E-state index in [9.17, 15) is 9.59 Å². The summed E-state index contributed by atoms with van der Waals surface area (Å²) in [6, 6.07) is 13.1. The zero-order valence-electron chi connectivity index (χ0n) is 13.1. The molecular weight excluding hydrogens is 308 g/mol. The molecule has 1 unspecified atom stereocenters. The number of nitrogens with one attached hydrogen (secondary N) is 1. The van der Waals surface area contributed by atoms with Crippen molar-refractivity contribution < 1.29 is 9.59 Å². The van der Waals surface area contributed by atoms with Gasteiger partial charge < -0.3 is 10.2 Å². The number of carbonyl (C=O) groups excluding carboxylic acids is 2. The lowest BCUT2D eigenvalue weighted by atomic mass is 10.1. The summed E-state index contributed by atoms with van der Waals surface area (Å²) in [5.41, 5.74) is 1.06. The van der Waals surface area contributed by atoms with Crippen molar-refractivity contribution in [3.8, 4) is 0 Å². The van der Waals surface area contributed by atoms with E-state index < -0.39 is 0 Å². The van der Waals surface area contributed by atoms with Crippen LogP contribution in [-0.2, 0) is 4.79 Å². The molecular formula is C18H20N2O2S. The third-order valence-corrected chi connectivity index (χ3v) is 5.06. The van der Waals surface area contributed by atoms with Crippen LogP contribution < -0.4 is 5.32 Å². The molecule has 1 aliphatic rings. The lowest BCUT2D eigenvalue weighted by molar-refractivity contribution is -0.125. The zero-order valence-corrected chi connectivity index (χ0v) is 13.9. The lowest BCUT2D eigenvalue weighted by Crippen LogP contribution is -2.46. The van der Waals surface area contributed by atoms with Crippen LogP contribution in [0.5, 0.6) is 0 Å². The Morgan fingerprint density at radius 2 is 2.00 bits per heavy atom. The van der Waals surface area contributed by atoms with Crippen molar-refractivity contribution in [2.45, 2.75) is 31.8 Å². The standard InChI is InChI=1S/C18H20N2O2S/c1-13(14-7-3-2-4-8-14)19-17(21)15-9-5-11-20(15)18(22)16-10-6-12-23-16/h2-4,6-8,10,12-13,15H,5,9,11H2,1H3,(H,19,21)/t13?,15-/m0/s1. The first-order valence-corrected chi connectivity index (χ1v) is 8.74. The van der Waals surface area contributed by atoms with E-state index in [2.05, 4.69) is 5.32 Å². The first kappa shape index (κ1) is 15.7. The summed E-state index contributed by atoms with van der Waals surface area (Å²) in [5.74, 6) is -0.103. The molecule has 0 spiro atoms. The average Bonchev–Trinajstić information content (AvgIpc) is 3.26. The smallest absolute Gasteiger partial charge is 0.264 e. The molecule has 3 rings (SSSR count). The minimum atomic E-state index is -0.365. The Kier molecular flexibility index (Phi) is 4.76. The molecule has 0 radical (unpaired) electrons. The van der Waals surface area contributed by atoms with Gasteiger partial charge in [-0.2, -0.15) is 0 Å². The molecule has 2 heterocycles. The van der Waals surface area contributed by atoms with Crippen LogP contribution in [0.1, 0.15) is 41.0 Å². The van der Waals surface area contributed by atoms with Gasteiger partial charge in [-0.1, -0.05) is 36.4 Å². The SMILES string of the molecule is CC(NC(=O)[C@@H]1CCCN1C(=O)c1cccs1)c1ccccc1. The van der Waals surface area contributed by atoms with Gasteiger partial charge in [0.15, 0.2) is 0 Å². The third kappa shape index (κ3) is 3.45. The number of hydrogen-bond acceptors (Lipinski definition) is 3. The summed E-state index contributed by atoms with van der Waals surface area (Å²) in [6.07, 6.45) is 1.60. The van der Waals surface area contributed by atoms with Crippen LogP contribution in [-0.4, -0.2) is 29.3 Å². The van der Waals surface area contributed by atoms with Crippen LogP contribution >= 0.6 is 11.3 Å². The summed E-state index contributed by atoms with van der Waals surface area (Å²) in [7, 11) is 0. The first-order chi connectivity index (χ1) is 11.2. The number of benzene rings is 1. The Morgan fingerprint density at radius 1 is 1.22 bits per heavy atom. The van der Waals surface area contributed by atoms with Crippen LogP contribution in [0.15, 0.2) is 47.8 Å². The molecule has 120 valence electrons. The Bertz CT molecular complexity index is 670. The van der Waals surface area contributed by atoms with Crippen LogP contribution in [0.25, 0.3) is 0 Å². The molecule has 4 nitrogen and oxygen atoms in total. The van der Waals surface area contributed by atoms with Crippen LogP contribution in [0.2, 0.25) is 0 Å². The maximum absolute atomic E-state index is 12.6. The van der Waals surface area contributed by atoms with E-state index in [1.165, 1.54) is 11.3 Å². The van der Waals surface area contributed by atoms with Gasteiger partial charge >= 0.3 is 0 Å². The van der Waals surface area contributed by atoms with Gasteiger partial charge in [-0.15, -0.1) is 11.3 Å². The van der Waals surface area contributed by atoms with Crippen molar-refractivity contribution in [2.24, 2.45) is 0 Å². The fraction of sp³-hybridized carbons (Fsp3) is 0.333. The highest BCUT2D eigenvalue weighted by molar-refractivity contribution is 7.12. The fourth-order valence-corrected chi connectivity index (χ4v) is 3.64. The third-order valence-electron chi connectivity index (χ3n) is 4.21. The zero-order chi connectivity index (χ0) is 16.2. The van der Waals surface area contributed by atoms with Crippen LogP contribution in [0.4, 0.5) is 0 Å². The topological polar surface area (TPSA) is 49.4 Å². The molecule has 2 aromatic rings. The maximum Gasteiger partial charge on any atom is 0.264 e. The number of amides is 2. The van der Waals surface area contributed by atoms with E-state index in [1.807, 2.05) is 54.8 Å². The average molecular weight is 328 g/mol. The molecule has 1 aromatic carbocycles. The molecule has 0 aliphatic carbocycles.